The van der Waals surface area contributed by atoms with Crippen LogP contribution in [0.1, 0.15) is 35.8 Å². The number of aromatic nitrogens is 2. The summed E-state index contributed by atoms with van der Waals surface area (Å²) >= 11 is 2.79. The molecular weight excluding hydrogens is 548 g/mol. The number of aryl methyl sites for hydroxylation is 2. The SMILES string of the molecule is CCOc1ccc(-n2c(SCC(=O)NN=Cc3cccc(OC)c3OC)nc3sc4c(c3c2=O)CCCC4)cc1. The maximum Gasteiger partial charge on any atom is 0.267 e. The molecule has 2 heterocycles. The van der Waals surface area contributed by atoms with E-state index in [1.54, 1.807) is 42.3 Å². The van der Waals surface area contributed by atoms with Crippen molar-refractivity contribution < 1.29 is 19.0 Å². The van der Waals surface area contributed by atoms with Crippen LogP contribution in [-0.4, -0.2) is 48.3 Å². The minimum absolute atomic E-state index is 0.0205. The molecule has 0 radical (unpaired) electrons. The van der Waals surface area contributed by atoms with E-state index in [1.165, 1.54) is 22.9 Å². The first-order valence-corrected chi connectivity index (χ1v) is 14.8. The molecule has 1 N–H and O–H groups in total. The lowest BCUT2D eigenvalue weighted by Crippen LogP contribution is -2.24. The number of rotatable bonds is 10. The highest BCUT2D eigenvalue weighted by Crippen LogP contribution is 2.35. The van der Waals surface area contributed by atoms with Crippen molar-refractivity contribution in [2.24, 2.45) is 5.10 Å². The van der Waals surface area contributed by atoms with Gasteiger partial charge in [-0.2, -0.15) is 5.10 Å². The van der Waals surface area contributed by atoms with Crippen LogP contribution in [0.3, 0.4) is 0 Å². The van der Waals surface area contributed by atoms with Crippen LogP contribution in [0.25, 0.3) is 15.9 Å². The van der Waals surface area contributed by atoms with Crippen LogP contribution in [0.4, 0.5) is 0 Å². The molecule has 1 aliphatic carbocycles. The quantitative estimate of drug-likeness (QED) is 0.122. The topological polar surface area (TPSA) is 104 Å². The summed E-state index contributed by atoms with van der Waals surface area (Å²) in [4.78, 5) is 33.5. The maximum atomic E-state index is 13.9. The van der Waals surface area contributed by atoms with Crippen molar-refractivity contribution in [1.82, 2.24) is 15.0 Å². The molecule has 2 aromatic carbocycles. The second-order valence-corrected chi connectivity index (χ2v) is 11.0. The highest BCUT2D eigenvalue weighted by atomic mass is 32.2. The van der Waals surface area contributed by atoms with Gasteiger partial charge in [0, 0.05) is 10.4 Å². The van der Waals surface area contributed by atoms with Gasteiger partial charge in [0.15, 0.2) is 16.7 Å². The number of methoxy groups -OCH3 is 2. The number of hydrazone groups is 1. The molecule has 0 atom stereocenters. The van der Waals surface area contributed by atoms with Crippen LogP contribution in [0.2, 0.25) is 0 Å². The van der Waals surface area contributed by atoms with Gasteiger partial charge in [0.25, 0.3) is 11.5 Å². The summed E-state index contributed by atoms with van der Waals surface area (Å²) in [5, 5.41) is 5.23. The highest BCUT2D eigenvalue weighted by Gasteiger charge is 2.23. The zero-order valence-electron chi connectivity index (χ0n) is 22.6. The Balaban J connectivity index is 1.41. The fourth-order valence-corrected chi connectivity index (χ4v) is 6.83. The number of para-hydroxylation sites is 1. The Morgan fingerprint density at radius 3 is 2.70 bits per heavy atom. The Morgan fingerprint density at radius 2 is 1.95 bits per heavy atom. The van der Waals surface area contributed by atoms with Gasteiger partial charge >= 0.3 is 0 Å². The zero-order chi connectivity index (χ0) is 28.1. The predicted octanol–water partition coefficient (Wildman–Crippen LogP) is 4.98. The van der Waals surface area contributed by atoms with E-state index in [0.29, 0.717) is 39.9 Å². The van der Waals surface area contributed by atoms with Gasteiger partial charge < -0.3 is 14.2 Å². The standard InChI is InChI=1S/C29H30N4O5S2/c1-4-38-20-14-12-19(13-15-20)33-28(35)25-21-9-5-6-11-23(21)40-27(25)31-29(33)39-17-24(34)32-30-16-18-8-7-10-22(36-2)26(18)37-3/h7-8,10,12-16H,4-6,9,11,17H2,1-3H3,(H,32,34). The minimum atomic E-state index is -0.332. The molecule has 9 nitrogen and oxygen atoms in total. The number of nitrogens with zero attached hydrogens (tertiary/aromatic N) is 3. The summed E-state index contributed by atoms with van der Waals surface area (Å²) in [6.07, 6.45) is 5.55. The van der Waals surface area contributed by atoms with Crippen molar-refractivity contribution in [2.75, 3.05) is 26.6 Å². The smallest absolute Gasteiger partial charge is 0.267 e. The monoisotopic (exact) mass is 578 g/mol. The molecule has 0 spiro atoms. The number of ether oxygens (including phenoxy) is 3. The first-order chi connectivity index (χ1) is 19.5. The van der Waals surface area contributed by atoms with Gasteiger partial charge in [0.1, 0.15) is 10.6 Å². The average Bonchev–Trinajstić information content (AvgIpc) is 3.35. The second-order valence-electron chi connectivity index (χ2n) is 9.02. The summed E-state index contributed by atoms with van der Waals surface area (Å²) in [5.74, 6) is 1.50. The molecule has 11 heteroatoms. The van der Waals surface area contributed by atoms with Gasteiger partial charge in [-0.1, -0.05) is 17.8 Å². The van der Waals surface area contributed by atoms with Crippen molar-refractivity contribution >= 4 is 45.4 Å². The zero-order valence-corrected chi connectivity index (χ0v) is 24.2. The fourth-order valence-electron chi connectivity index (χ4n) is 4.72. The van der Waals surface area contributed by atoms with Crippen LogP contribution < -0.4 is 25.2 Å². The van der Waals surface area contributed by atoms with Crippen LogP contribution in [0.5, 0.6) is 17.2 Å². The van der Waals surface area contributed by atoms with E-state index < -0.39 is 0 Å². The summed E-state index contributed by atoms with van der Waals surface area (Å²) < 4.78 is 17.9. The first-order valence-electron chi connectivity index (χ1n) is 13.0. The minimum Gasteiger partial charge on any atom is -0.494 e. The van der Waals surface area contributed by atoms with E-state index >= 15 is 0 Å². The second kappa shape index (κ2) is 12.6. The summed E-state index contributed by atoms with van der Waals surface area (Å²) in [6, 6.07) is 12.8. The number of thiophene rings is 1. The predicted molar refractivity (Wildman–Crippen MR) is 159 cm³/mol. The lowest BCUT2D eigenvalue weighted by atomic mass is 9.97. The van der Waals surface area contributed by atoms with Crippen LogP contribution >= 0.6 is 23.1 Å². The Bertz CT molecular complexity index is 1610. The number of fused-ring (bicyclic) bond motifs is 3. The van der Waals surface area contributed by atoms with Gasteiger partial charge in [-0.25, -0.2) is 10.4 Å². The molecule has 0 saturated carbocycles. The lowest BCUT2D eigenvalue weighted by Gasteiger charge is -2.14. The molecule has 1 amide bonds. The van der Waals surface area contributed by atoms with Crippen molar-refractivity contribution in [1.29, 1.82) is 0 Å². The molecule has 1 aliphatic rings. The Labute approximate surface area is 240 Å². The molecule has 0 unspecified atom stereocenters. The van der Waals surface area contributed by atoms with E-state index in [2.05, 4.69) is 10.5 Å². The van der Waals surface area contributed by atoms with Crippen LogP contribution in [0.15, 0.2) is 57.5 Å². The molecule has 40 heavy (non-hydrogen) atoms. The molecule has 5 rings (SSSR count). The van der Waals surface area contributed by atoms with E-state index in [4.69, 9.17) is 19.2 Å². The van der Waals surface area contributed by atoms with E-state index in [0.717, 1.165) is 41.8 Å². The van der Waals surface area contributed by atoms with Crippen LogP contribution in [0, 0.1) is 0 Å². The Morgan fingerprint density at radius 1 is 1.15 bits per heavy atom. The number of amides is 1. The molecule has 0 bridgehead atoms. The third-order valence-corrected chi connectivity index (χ3v) is 8.65. The number of thioether (sulfide) groups is 1. The van der Waals surface area contributed by atoms with Crippen LogP contribution in [-0.2, 0) is 17.6 Å². The average molecular weight is 579 g/mol. The van der Waals surface area contributed by atoms with E-state index in [9.17, 15) is 9.59 Å². The Kier molecular flexibility index (Phi) is 8.71. The molecule has 208 valence electrons. The fraction of sp³-hybridized carbons (Fsp3) is 0.310. The van der Waals surface area contributed by atoms with Gasteiger partial charge in [0.2, 0.25) is 0 Å². The van der Waals surface area contributed by atoms with Gasteiger partial charge in [-0.3, -0.25) is 14.2 Å². The first kappa shape index (κ1) is 27.7. The van der Waals surface area contributed by atoms with Gasteiger partial charge in [0.05, 0.1) is 43.9 Å². The molecule has 0 aliphatic heterocycles. The number of benzene rings is 2. The number of carbonyl (C=O) groups is 1. The third kappa shape index (κ3) is 5.71. The molecule has 0 saturated heterocycles. The summed E-state index contributed by atoms with van der Waals surface area (Å²) in [7, 11) is 3.10. The number of carbonyl (C=O) groups excluding carboxylic acids is 1. The maximum absolute atomic E-state index is 13.9. The molecule has 2 aromatic heterocycles. The largest absolute Gasteiger partial charge is 0.494 e. The number of nitrogens with one attached hydrogen (secondary N) is 1. The van der Waals surface area contributed by atoms with Gasteiger partial charge in [-0.05, 0) is 74.6 Å². The molecular formula is C29H30N4O5S2. The molecule has 4 aromatic rings. The lowest BCUT2D eigenvalue weighted by molar-refractivity contribution is -0.118. The van der Waals surface area contributed by atoms with E-state index in [-0.39, 0.29) is 17.2 Å². The summed E-state index contributed by atoms with van der Waals surface area (Å²) in [5.41, 5.74) is 4.89. The molecule has 0 fully saturated rings. The number of hydrogen-bond acceptors (Lipinski definition) is 9. The van der Waals surface area contributed by atoms with Crippen molar-refractivity contribution in [3.63, 3.8) is 0 Å². The third-order valence-electron chi connectivity index (χ3n) is 6.52. The van der Waals surface area contributed by atoms with E-state index in [1.807, 2.05) is 37.3 Å². The van der Waals surface area contributed by atoms with Crippen molar-refractivity contribution in [3.8, 4) is 22.9 Å². The van der Waals surface area contributed by atoms with Crippen molar-refractivity contribution in [3.05, 3.63) is 68.8 Å². The van der Waals surface area contributed by atoms with Gasteiger partial charge in [-0.15, -0.1) is 11.3 Å². The van der Waals surface area contributed by atoms with Crippen molar-refractivity contribution in [2.45, 2.75) is 37.8 Å². The Hall–Kier alpha value is -3.83. The normalized spacial score (nSPS) is 12.9. The highest BCUT2D eigenvalue weighted by molar-refractivity contribution is 7.99. The summed E-state index contributed by atoms with van der Waals surface area (Å²) in [6.45, 7) is 2.48. The number of hydrogen-bond donors (Lipinski definition) is 1.